The van der Waals surface area contributed by atoms with Crippen LogP contribution in [0.5, 0.6) is 0 Å². The zero-order valence-corrected chi connectivity index (χ0v) is 23.1. The van der Waals surface area contributed by atoms with Crippen molar-refractivity contribution < 1.29 is 52.8 Å². The summed E-state index contributed by atoms with van der Waals surface area (Å²) in [6, 6.07) is 2.29. The minimum atomic E-state index is -4.98. The van der Waals surface area contributed by atoms with Crippen LogP contribution in [-0.4, -0.2) is 51.7 Å². The second kappa shape index (κ2) is 11.2. The largest absolute Gasteiger partial charge is 0.451 e. The minimum Gasteiger partial charge on any atom is -0.443 e. The summed E-state index contributed by atoms with van der Waals surface area (Å²) in [6.07, 6.45) is -11.2. The lowest BCUT2D eigenvalue weighted by Gasteiger charge is -2.25. The summed E-state index contributed by atoms with van der Waals surface area (Å²) in [5.41, 5.74) is -2.02. The molecule has 8 nitrogen and oxygen atoms in total. The fourth-order valence-corrected chi connectivity index (χ4v) is 6.79. The molecule has 3 atom stereocenters. The van der Waals surface area contributed by atoms with Crippen molar-refractivity contribution in [1.82, 2.24) is 19.3 Å². The lowest BCUT2D eigenvalue weighted by Crippen LogP contribution is -2.44. The number of fused-ring (bicyclic) bond motifs is 1. The Morgan fingerprint density at radius 1 is 0.977 bits per heavy atom. The number of ketones is 1. The summed E-state index contributed by atoms with van der Waals surface area (Å²) in [5, 5.41) is -0.576. The molecule has 0 radical (unpaired) electrons. The average molecular weight is 649 g/mol. The molecule has 1 saturated heterocycles. The van der Waals surface area contributed by atoms with Gasteiger partial charge in [0.15, 0.2) is 5.78 Å². The molecule has 4 heterocycles. The van der Waals surface area contributed by atoms with Crippen LogP contribution in [0.1, 0.15) is 36.8 Å². The van der Waals surface area contributed by atoms with Gasteiger partial charge in [-0.05, 0) is 43.2 Å². The number of benzene rings is 1. The number of hydrogen-bond acceptors (Lipinski definition) is 7. The van der Waals surface area contributed by atoms with Crippen LogP contribution in [0.25, 0.3) is 22.1 Å². The molecule has 5 rings (SSSR count). The average Bonchev–Trinajstić information content (AvgIpc) is 3.51. The van der Waals surface area contributed by atoms with Crippen molar-refractivity contribution in [3.63, 3.8) is 0 Å². The van der Waals surface area contributed by atoms with E-state index >= 15 is 0 Å². The summed E-state index contributed by atoms with van der Waals surface area (Å²) in [5.74, 6) is -3.02. The number of halogens is 8. The van der Waals surface area contributed by atoms with Crippen LogP contribution in [0.3, 0.4) is 0 Å². The number of aromatic nitrogens is 3. The van der Waals surface area contributed by atoms with Crippen molar-refractivity contribution in [2.24, 2.45) is 0 Å². The third-order valence-electron chi connectivity index (χ3n) is 7.15. The van der Waals surface area contributed by atoms with E-state index in [9.17, 15) is 48.3 Å². The number of carbonyl (C=O) groups is 1. The summed E-state index contributed by atoms with van der Waals surface area (Å²) in [6.45, 7) is 1.22. The molecule has 1 aromatic carbocycles. The molecule has 0 aliphatic carbocycles. The van der Waals surface area contributed by atoms with Crippen molar-refractivity contribution in [2.45, 2.75) is 61.9 Å². The van der Waals surface area contributed by atoms with E-state index in [-0.39, 0.29) is 22.1 Å². The van der Waals surface area contributed by atoms with Crippen molar-refractivity contribution in [3.05, 3.63) is 71.8 Å². The van der Waals surface area contributed by atoms with Gasteiger partial charge in [-0.15, -0.1) is 0 Å². The van der Waals surface area contributed by atoms with Gasteiger partial charge < -0.3 is 4.42 Å². The first-order chi connectivity index (χ1) is 20.5. The van der Waals surface area contributed by atoms with E-state index in [0.29, 0.717) is 4.31 Å². The number of carbonyl (C=O) groups excluding carboxylic acids is 1. The molecule has 1 fully saturated rings. The van der Waals surface area contributed by atoms with Gasteiger partial charge in [0.1, 0.15) is 23.3 Å². The van der Waals surface area contributed by atoms with Crippen molar-refractivity contribution in [2.75, 3.05) is 0 Å². The number of alkyl halides is 7. The van der Waals surface area contributed by atoms with E-state index < -0.39 is 93.7 Å². The third kappa shape index (κ3) is 6.02. The molecular formula is C27H20F8N4O4S. The van der Waals surface area contributed by atoms with Crippen LogP contribution in [0.4, 0.5) is 35.1 Å². The van der Waals surface area contributed by atoms with E-state index in [1.807, 2.05) is 0 Å². The number of pyridine rings is 1. The Bertz CT molecular complexity index is 1820. The molecule has 17 heteroatoms. The number of sulfonamides is 1. The monoisotopic (exact) mass is 648 g/mol. The predicted octanol–water partition coefficient (Wildman–Crippen LogP) is 6.15. The Morgan fingerprint density at radius 2 is 1.64 bits per heavy atom. The fraction of sp³-hybridized carbons (Fsp3) is 0.333. The SMILES string of the molecule is C[C@H]1[C@H](F)C[C@@H](C(=O)CCc2cc(-c3cnc(C(F)(F)F)nc3)cnc2C(F)(F)F)N1S(=O)(=O)c1cc2cc(F)ccc2o1. The topological polar surface area (TPSA) is 106 Å². The van der Waals surface area contributed by atoms with E-state index in [4.69, 9.17) is 4.42 Å². The van der Waals surface area contributed by atoms with Gasteiger partial charge in [0.05, 0.1) is 12.1 Å². The maximum absolute atomic E-state index is 14.8. The molecule has 0 N–H and O–H groups in total. The summed E-state index contributed by atoms with van der Waals surface area (Å²) >= 11 is 0. The van der Waals surface area contributed by atoms with Gasteiger partial charge in [0.25, 0.3) is 10.0 Å². The van der Waals surface area contributed by atoms with Crippen LogP contribution in [0.15, 0.2) is 58.4 Å². The van der Waals surface area contributed by atoms with Gasteiger partial charge in [-0.3, -0.25) is 9.78 Å². The highest BCUT2D eigenvalue weighted by Crippen LogP contribution is 2.37. The first-order valence-corrected chi connectivity index (χ1v) is 14.3. The lowest BCUT2D eigenvalue weighted by molar-refractivity contribution is -0.145. The van der Waals surface area contributed by atoms with Crippen LogP contribution in [0.2, 0.25) is 0 Å². The van der Waals surface area contributed by atoms with Crippen LogP contribution < -0.4 is 0 Å². The predicted molar refractivity (Wildman–Crippen MR) is 137 cm³/mol. The molecule has 234 valence electrons. The second-order valence-electron chi connectivity index (χ2n) is 10.1. The molecular weight excluding hydrogens is 628 g/mol. The molecule has 4 aromatic rings. The van der Waals surface area contributed by atoms with Gasteiger partial charge in [0, 0.05) is 54.0 Å². The maximum atomic E-state index is 14.8. The third-order valence-corrected chi connectivity index (χ3v) is 9.01. The smallest absolute Gasteiger partial charge is 0.443 e. The van der Waals surface area contributed by atoms with Gasteiger partial charge >= 0.3 is 12.4 Å². The highest BCUT2D eigenvalue weighted by atomic mass is 32.2. The number of furan rings is 1. The Kier molecular flexibility index (Phi) is 7.99. The molecule has 0 bridgehead atoms. The van der Waals surface area contributed by atoms with Crippen LogP contribution in [0, 0.1) is 5.82 Å². The Labute approximate surface area is 243 Å². The van der Waals surface area contributed by atoms with Gasteiger partial charge in [-0.2, -0.15) is 30.6 Å². The highest BCUT2D eigenvalue weighted by molar-refractivity contribution is 7.89. The highest BCUT2D eigenvalue weighted by Gasteiger charge is 2.50. The number of nitrogens with zero attached hydrogens (tertiary/aromatic N) is 4. The molecule has 0 spiro atoms. The molecule has 1 aliphatic heterocycles. The fourth-order valence-electron chi connectivity index (χ4n) is 5.00. The van der Waals surface area contributed by atoms with Gasteiger partial charge in [-0.1, -0.05) is 0 Å². The minimum absolute atomic E-state index is 0.0157. The first kappa shape index (κ1) is 31.4. The number of Topliss-reactive ketones (excluding diaryl/α,β-unsaturated/α-hetero) is 1. The van der Waals surface area contributed by atoms with Crippen LogP contribution >= 0.6 is 0 Å². The number of rotatable bonds is 7. The van der Waals surface area contributed by atoms with E-state index in [0.717, 1.165) is 42.9 Å². The van der Waals surface area contributed by atoms with Crippen molar-refractivity contribution in [3.8, 4) is 11.1 Å². The summed E-state index contributed by atoms with van der Waals surface area (Å²) < 4.78 is 141. The normalized spacial score (nSPS) is 20.0. The summed E-state index contributed by atoms with van der Waals surface area (Å²) in [4.78, 5) is 23.0. The zero-order chi connectivity index (χ0) is 32.2. The quantitative estimate of drug-likeness (QED) is 0.221. The van der Waals surface area contributed by atoms with Crippen LogP contribution in [-0.2, 0) is 33.6 Å². The Hall–Kier alpha value is -3.99. The molecule has 0 unspecified atom stereocenters. The molecule has 0 amide bonds. The van der Waals surface area contributed by atoms with E-state index in [1.54, 1.807) is 0 Å². The van der Waals surface area contributed by atoms with Gasteiger partial charge in [-0.25, -0.2) is 27.2 Å². The Morgan fingerprint density at radius 3 is 2.27 bits per heavy atom. The summed E-state index contributed by atoms with van der Waals surface area (Å²) in [7, 11) is -4.66. The van der Waals surface area contributed by atoms with Crippen molar-refractivity contribution >= 4 is 26.8 Å². The zero-order valence-electron chi connectivity index (χ0n) is 22.3. The first-order valence-electron chi connectivity index (χ1n) is 12.8. The molecule has 1 aliphatic rings. The van der Waals surface area contributed by atoms with Gasteiger partial charge in [0.2, 0.25) is 10.9 Å². The molecule has 3 aromatic heterocycles. The van der Waals surface area contributed by atoms with E-state index in [2.05, 4.69) is 15.0 Å². The van der Waals surface area contributed by atoms with Crippen molar-refractivity contribution in [1.29, 1.82) is 0 Å². The number of hydrogen-bond donors (Lipinski definition) is 0. The second-order valence-corrected chi connectivity index (χ2v) is 11.9. The molecule has 44 heavy (non-hydrogen) atoms. The number of aryl methyl sites for hydroxylation is 1. The maximum Gasteiger partial charge on any atom is 0.451 e. The van der Waals surface area contributed by atoms with E-state index in [1.165, 1.54) is 13.0 Å². The lowest BCUT2D eigenvalue weighted by atomic mass is 9.98. The Balaban J connectivity index is 1.42. The molecule has 0 saturated carbocycles. The standard InChI is InChI=1S/C27H20F8N4O4S/c1-13-19(29)9-20(39(13)44(41,42)23-8-15-7-18(28)3-5-22(15)43-23)21(40)4-2-14-6-16(10-36-24(14)26(30,31)32)17-11-37-25(38-12-17)27(33,34)35/h3,5-8,10-13,19-20H,2,4,9H2,1H3/t13-,19+,20-/m0/s1.